The van der Waals surface area contributed by atoms with E-state index in [0.717, 1.165) is 28.5 Å². The van der Waals surface area contributed by atoms with Gasteiger partial charge in [-0.25, -0.2) is 0 Å². The lowest BCUT2D eigenvalue weighted by molar-refractivity contribution is -0.120. The number of amides is 1. The van der Waals surface area contributed by atoms with Gasteiger partial charge in [0.25, 0.3) is 5.22 Å². The molecule has 7 heteroatoms. The van der Waals surface area contributed by atoms with Crippen LogP contribution in [0.5, 0.6) is 0 Å². The fourth-order valence-electron chi connectivity index (χ4n) is 2.24. The molecule has 25 heavy (non-hydrogen) atoms. The zero-order valence-corrected chi connectivity index (χ0v) is 15.9. The Balaban J connectivity index is 2.00. The van der Waals surface area contributed by atoms with Gasteiger partial charge < -0.3 is 9.73 Å². The van der Waals surface area contributed by atoms with E-state index in [1.165, 1.54) is 0 Å². The third-order valence-electron chi connectivity index (χ3n) is 3.99. The summed E-state index contributed by atoms with van der Waals surface area (Å²) in [6.45, 7) is 9.52. The van der Waals surface area contributed by atoms with Gasteiger partial charge in [0.2, 0.25) is 11.8 Å². The Hall–Kier alpha value is -2.33. The second-order valence-corrected chi connectivity index (χ2v) is 7.48. The lowest BCUT2D eigenvalue weighted by Gasteiger charge is -2.27. The van der Waals surface area contributed by atoms with Crippen molar-refractivity contribution in [1.29, 1.82) is 5.26 Å². The number of benzene rings is 1. The van der Waals surface area contributed by atoms with Gasteiger partial charge in [0.15, 0.2) is 0 Å². The number of nitriles is 1. The first-order valence-corrected chi connectivity index (χ1v) is 8.99. The monoisotopic (exact) mass is 358 g/mol. The van der Waals surface area contributed by atoms with E-state index < -0.39 is 5.54 Å². The fraction of sp³-hybridized carbons (Fsp3) is 0.444. The molecular weight excluding hydrogens is 336 g/mol. The van der Waals surface area contributed by atoms with Gasteiger partial charge in [0.1, 0.15) is 5.54 Å². The first-order valence-electron chi connectivity index (χ1n) is 8.00. The smallest absolute Gasteiger partial charge is 0.277 e. The maximum absolute atomic E-state index is 12.1. The average molecular weight is 358 g/mol. The van der Waals surface area contributed by atoms with E-state index in [-0.39, 0.29) is 17.6 Å². The van der Waals surface area contributed by atoms with Crippen molar-refractivity contribution in [1.82, 2.24) is 15.5 Å². The summed E-state index contributed by atoms with van der Waals surface area (Å²) in [4.78, 5) is 12.1. The molecule has 0 aliphatic rings. The highest BCUT2D eigenvalue weighted by Gasteiger charge is 2.30. The van der Waals surface area contributed by atoms with Crippen molar-refractivity contribution in [3.63, 3.8) is 0 Å². The minimum absolute atomic E-state index is 0.00557. The molecule has 1 aromatic carbocycles. The van der Waals surface area contributed by atoms with E-state index in [0.29, 0.717) is 11.1 Å². The van der Waals surface area contributed by atoms with Gasteiger partial charge in [0.05, 0.1) is 11.8 Å². The molecule has 0 fully saturated rings. The van der Waals surface area contributed by atoms with Gasteiger partial charge in [-0.2, -0.15) is 5.26 Å². The van der Waals surface area contributed by atoms with Crippen LogP contribution in [0.15, 0.2) is 27.8 Å². The quantitative estimate of drug-likeness (QED) is 0.795. The van der Waals surface area contributed by atoms with Crippen LogP contribution >= 0.6 is 11.8 Å². The summed E-state index contributed by atoms with van der Waals surface area (Å²) >= 11 is 1.15. The first kappa shape index (κ1) is 19.0. The summed E-state index contributed by atoms with van der Waals surface area (Å²) in [5, 5.41) is 20.4. The molecular formula is C18H22N4O2S. The predicted molar refractivity (Wildman–Crippen MR) is 96.9 cm³/mol. The minimum Gasteiger partial charge on any atom is -0.411 e. The number of rotatable bonds is 6. The number of carbonyl (C=O) groups excluding carboxylic acids is 1. The average Bonchev–Trinajstić information content (AvgIpc) is 3.00. The van der Waals surface area contributed by atoms with Crippen LogP contribution in [-0.4, -0.2) is 27.4 Å². The number of aromatic nitrogens is 2. The summed E-state index contributed by atoms with van der Waals surface area (Å²) in [6.07, 6.45) is 0. The molecule has 0 bridgehead atoms. The van der Waals surface area contributed by atoms with Crippen molar-refractivity contribution in [3.05, 3.63) is 29.3 Å². The van der Waals surface area contributed by atoms with E-state index >= 15 is 0 Å². The molecule has 132 valence electrons. The molecule has 0 unspecified atom stereocenters. The summed E-state index contributed by atoms with van der Waals surface area (Å²) in [6, 6.07) is 8.17. The van der Waals surface area contributed by atoms with Crippen LogP contribution in [0.25, 0.3) is 11.5 Å². The van der Waals surface area contributed by atoms with Gasteiger partial charge >= 0.3 is 0 Å². The number of hydrogen-bond acceptors (Lipinski definition) is 6. The Morgan fingerprint density at radius 1 is 1.32 bits per heavy atom. The third-order valence-corrected chi connectivity index (χ3v) is 4.81. The van der Waals surface area contributed by atoms with Crippen molar-refractivity contribution in [2.75, 3.05) is 5.75 Å². The maximum atomic E-state index is 12.1. The Kier molecular flexibility index (Phi) is 5.85. The minimum atomic E-state index is -0.892. The SMILES string of the molecule is Cc1cc(C)cc(-c2nnc(SCC(=O)N[C@](C)(C#N)C(C)C)o2)c1. The predicted octanol–water partition coefficient (Wildman–Crippen LogP) is 3.50. The highest BCUT2D eigenvalue weighted by atomic mass is 32.2. The van der Waals surface area contributed by atoms with Crippen molar-refractivity contribution in [2.24, 2.45) is 5.92 Å². The highest BCUT2D eigenvalue weighted by molar-refractivity contribution is 7.99. The summed E-state index contributed by atoms with van der Waals surface area (Å²) < 4.78 is 5.63. The molecule has 2 rings (SSSR count). The number of thioether (sulfide) groups is 1. The normalized spacial score (nSPS) is 13.3. The second kappa shape index (κ2) is 7.70. The van der Waals surface area contributed by atoms with Crippen molar-refractivity contribution in [2.45, 2.75) is 45.4 Å². The van der Waals surface area contributed by atoms with Crippen LogP contribution in [0.2, 0.25) is 0 Å². The highest BCUT2D eigenvalue weighted by Crippen LogP contribution is 2.25. The molecule has 1 heterocycles. The van der Waals surface area contributed by atoms with E-state index in [1.54, 1.807) is 6.92 Å². The number of carbonyl (C=O) groups is 1. The summed E-state index contributed by atoms with van der Waals surface area (Å²) in [5.74, 6) is 0.303. The Bertz CT molecular complexity index is 789. The van der Waals surface area contributed by atoms with E-state index in [4.69, 9.17) is 4.42 Å². The zero-order chi connectivity index (χ0) is 18.6. The number of nitrogens with one attached hydrogen (secondary N) is 1. The summed E-state index contributed by atoms with van der Waals surface area (Å²) in [7, 11) is 0. The van der Waals surface area contributed by atoms with Gasteiger partial charge in [-0.15, -0.1) is 10.2 Å². The van der Waals surface area contributed by atoms with Crippen LogP contribution in [-0.2, 0) is 4.79 Å². The molecule has 2 aromatic rings. The Morgan fingerprint density at radius 3 is 2.52 bits per heavy atom. The van der Waals surface area contributed by atoms with Crippen LogP contribution < -0.4 is 5.32 Å². The molecule has 0 spiro atoms. The summed E-state index contributed by atoms with van der Waals surface area (Å²) in [5.41, 5.74) is 2.20. The second-order valence-electron chi connectivity index (χ2n) is 6.56. The Morgan fingerprint density at radius 2 is 1.96 bits per heavy atom. The molecule has 1 atom stereocenters. The van der Waals surface area contributed by atoms with Crippen LogP contribution in [0.4, 0.5) is 0 Å². The van der Waals surface area contributed by atoms with Gasteiger partial charge in [-0.05, 0) is 38.8 Å². The van der Waals surface area contributed by atoms with Crippen molar-refractivity contribution >= 4 is 17.7 Å². The molecule has 0 radical (unpaired) electrons. The third kappa shape index (κ3) is 4.83. The van der Waals surface area contributed by atoms with Crippen molar-refractivity contribution < 1.29 is 9.21 Å². The maximum Gasteiger partial charge on any atom is 0.277 e. The van der Waals surface area contributed by atoms with Gasteiger partial charge in [0, 0.05) is 5.56 Å². The molecule has 0 aliphatic carbocycles. The van der Waals surface area contributed by atoms with E-state index in [9.17, 15) is 10.1 Å². The topological polar surface area (TPSA) is 91.8 Å². The van der Waals surface area contributed by atoms with Crippen LogP contribution in [0.3, 0.4) is 0 Å². The lowest BCUT2D eigenvalue weighted by Crippen LogP contribution is -2.49. The lowest BCUT2D eigenvalue weighted by atomic mass is 9.90. The first-order chi connectivity index (χ1) is 11.7. The molecule has 1 amide bonds. The largest absolute Gasteiger partial charge is 0.411 e. The van der Waals surface area contributed by atoms with Crippen molar-refractivity contribution in [3.8, 4) is 17.5 Å². The molecule has 6 nitrogen and oxygen atoms in total. The zero-order valence-electron chi connectivity index (χ0n) is 15.1. The van der Waals surface area contributed by atoms with Gasteiger partial charge in [-0.3, -0.25) is 4.79 Å². The molecule has 0 saturated heterocycles. The van der Waals surface area contributed by atoms with Gasteiger partial charge in [-0.1, -0.05) is 42.8 Å². The fourth-order valence-corrected chi connectivity index (χ4v) is 2.80. The number of aryl methyl sites for hydroxylation is 2. The molecule has 1 N–H and O–H groups in total. The number of nitrogens with zero attached hydrogens (tertiary/aromatic N) is 3. The standard InChI is InChI=1S/C18H22N4O2S/c1-11(2)18(5,10-19)20-15(23)9-25-17-22-21-16(24-17)14-7-12(3)6-13(4)8-14/h6-8,11H,9H2,1-5H3,(H,20,23)/t18-/m1/s1. The van der Waals surface area contributed by atoms with Crippen LogP contribution in [0.1, 0.15) is 31.9 Å². The molecule has 0 saturated carbocycles. The van der Waals surface area contributed by atoms with E-state index in [2.05, 4.69) is 27.6 Å². The Labute approximate surface area is 152 Å². The molecule has 1 aromatic heterocycles. The van der Waals surface area contributed by atoms with E-state index in [1.807, 2.05) is 39.8 Å². The van der Waals surface area contributed by atoms with Crippen LogP contribution in [0, 0.1) is 31.1 Å². The number of hydrogen-bond donors (Lipinski definition) is 1. The molecule has 0 aliphatic heterocycles.